The number of hydrogen-bond donors (Lipinski definition) is 0. The van der Waals surface area contributed by atoms with Crippen molar-refractivity contribution in [1.82, 2.24) is 0 Å². The molecule has 2 saturated carbocycles. The second-order valence-electron chi connectivity index (χ2n) is 8.65. The Kier molecular flexibility index (Phi) is 8.44. The first-order valence-corrected chi connectivity index (χ1v) is 10.8. The van der Waals surface area contributed by atoms with Crippen LogP contribution in [0.25, 0.3) is 0 Å². The van der Waals surface area contributed by atoms with Crippen molar-refractivity contribution < 1.29 is 4.74 Å². The molecule has 4 unspecified atom stereocenters. The molecule has 0 aliphatic heterocycles. The van der Waals surface area contributed by atoms with Gasteiger partial charge in [0.25, 0.3) is 0 Å². The largest absolute Gasteiger partial charge is 0.378 e. The summed E-state index contributed by atoms with van der Waals surface area (Å²) in [5.74, 6) is 4.65. The van der Waals surface area contributed by atoms with Gasteiger partial charge in [0.2, 0.25) is 0 Å². The van der Waals surface area contributed by atoms with Gasteiger partial charge in [-0.2, -0.15) is 0 Å². The van der Waals surface area contributed by atoms with Crippen LogP contribution in [0.1, 0.15) is 98.3 Å². The first-order valence-electron chi connectivity index (χ1n) is 10.8. The Morgan fingerprint density at radius 1 is 0.783 bits per heavy atom. The van der Waals surface area contributed by atoms with Crippen LogP contribution < -0.4 is 0 Å². The standard InChI is InChI=1S/C22H42O/c1-5-7-9-19-10-12-20(13-11-19)21-14-15-22(18(4)17(21)3)23-16-8-6-2/h17-22H,5-16H2,1-4H3. The van der Waals surface area contributed by atoms with E-state index in [1.54, 1.807) is 0 Å². The van der Waals surface area contributed by atoms with E-state index in [1.807, 2.05) is 0 Å². The summed E-state index contributed by atoms with van der Waals surface area (Å²) in [6.45, 7) is 10.5. The lowest BCUT2D eigenvalue weighted by Crippen LogP contribution is -2.40. The van der Waals surface area contributed by atoms with Gasteiger partial charge in [-0.3, -0.25) is 0 Å². The van der Waals surface area contributed by atoms with Gasteiger partial charge in [-0.15, -0.1) is 0 Å². The van der Waals surface area contributed by atoms with Crippen LogP contribution in [0, 0.1) is 29.6 Å². The third-order valence-electron chi connectivity index (χ3n) is 7.17. The van der Waals surface area contributed by atoms with Crippen molar-refractivity contribution in [1.29, 1.82) is 0 Å². The quantitative estimate of drug-likeness (QED) is 0.444. The lowest BCUT2D eigenvalue weighted by atomic mass is 9.63. The monoisotopic (exact) mass is 322 g/mol. The minimum atomic E-state index is 0.536. The van der Waals surface area contributed by atoms with Crippen LogP contribution in [0.2, 0.25) is 0 Å². The highest BCUT2D eigenvalue weighted by Crippen LogP contribution is 2.46. The summed E-state index contributed by atoms with van der Waals surface area (Å²) in [6.07, 6.45) is 16.1. The normalized spacial score (nSPS) is 38.6. The van der Waals surface area contributed by atoms with Crippen LogP contribution in [0.15, 0.2) is 0 Å². The van der Waals surface area contributed by atoms with Gasteiger partial charge in [0.15, 0.2) is 0 Å². The van der Waals surface area contributed by atoms with E-state index in [1.165, 1.54) is 70.6 Å². The summed E-state index contributed by atoms with van der Waals surface area (Å²) < 4.78 is 6.20. The molecular weight excluding hydrogens is 280 g/mol. The lowest BCUT2D eigenvalue weighted by molar-refractivity contribution is -0.0560. The van der Waals surface area contributed by atoms with E-state index in [0.29, 0.717) is 6.10 Å². The van der Waals surface area contributed by atoms with Crippen LogP contribution in [0.4, 0.5) is 0 Å². The molecule has 2 fully saturated rings. The van der Waals surface area contributed by atoms with Gasteiger partial charge in [-0.25, -0.2) is 0 Å². The van der Waals surface area contributed by atoms with Gasteiger partial charge >= 0.3 is 0 Å². The molecule has 0 amide bonds. The highest BCUT2D eigenvalue weighted by atomic mass is 16.5. The van der Waals surface area contributed by atoms with Gasteiger partial charge < -0.3 is 4.74 Å². The van der Waals surface area contributed by atoms with Gasteiger partial charge in [-0.05, 0) is 61.7 Å². The molecule has 2 rings (SSSR count). The van der Waals surface area contributed by atoms with Gasteiger partial charge in [-0.1, -0.05) is 66.2 Å². The lowest BCUT2D eigenvalue weighted by Gasteiger charge is -2.45. The van der Waals surface area contributed by atoms with Crippen molar-refractivity contribution in [2.75, 3.05) is 6.61 Å². The Morgan fingerprint density at radius 3 is 2.13 bits per heavy atom. The zero-order valence-electron chi connectivity index (χ0n) is 16.4. The fourth-order valence-electron chi connectivity index (χ4n) is 5.29. The third kappa shape index (κ3) is 5.48. The molecule has 0 heterocycles. The fourth-order valence-corrected chi connectivity index (χ4v) is 5.29. The average Bonchev–Trinajstić information content (AvgIpc) is 2.58. The van der Waals surface area contributed by atoms with Crippen molar-refractivity contribution in [3.8, 4) is 0 Å². The Labute approximate surface area is 146 Å². The van der Waals surface area contributed by atoms with Gasteiger partial charge in [0.1, 0.15) is 0 Å². The zero-order valence-corrected chi connectivity index (χ0v) is 16.4. The molecule has 0 spiro atoms. The second-order valence-corrected chi connectivity index (χ2v) is 8.65. The van der Waals surface area contributed by atoms with E-state index in [-0.39, 0.29) is 0 Å². The first-order chi connectivity index (χ1) is 11.2. The average molecular weight is 323 g/mol. The Bertz CT molecular complexity index is 303. The predicted octanol–water partition coefficient (Wildman–Crippen LogP) is 6.85. The summed E-state index contributed by atoms with van der Waals surface area (Å²) >= 11 is 0. The SMILES string of the molecule is CCCCOC1CCC(C2CCC(CCCC)CC2)C(C)C1C. The van der Waals surface area contributed by atoms with E-state index < -0.39 is 0 Å². The molecule has 0 saturated heterocycles. The minimum Gasteiger partial charge on any atom is -0.378 e. The predicted molar refractivity (Wildman–Crippen MR) is 101 cm³/mol. The molecule has 2 aliphatic carbocycles. The zero-order chi connectivity index (χ0) is 16.7. The first kappa shape index (κ1) is 19.3. The minimum absolute atomic E-state index is 0.536. The molecule has 0 aromatic carbocycles. The van der Waals surface area contributed by atoms with Gasteiger partial charge in [0.05, 0.1) is 6.10 Å². The summed E-state index contributed by atoms with van der Waals surface area (Å²) in [6, 6.07) is 0. The smallest absolute Gasteiger partial charge is 0.0603 e. The molecule has 23 heavy (non-hydrogen) atoms. The summed E-state index contributed by atoms with van der Waals surface area (Å²) in [7, 11) is 0. The van der Waals surface area contributed by atoms with E-state index in [0.717, 1.165) is 36.2 Å². The molecule has 136 valence electrons. The maximum absolute atomic E-state index is 6.20. The van der Waals surface area contributed by atoms with Crippen molar-refractivity contribution in [3.05, 3.63) is 0 Å². The molecule has 0 aromatic heterocycles. The maximum atomic E-state index is 6.20. The topological polar surface area (TPSA) is 9.23 Å². The molecule has 0 radical (unpaired) electrons. The van der Waals surface area contributed by atoms with Crippen LogP contribution in [-0.2, 0) is 4.74 Å². The van der Waals surface area contributed by atoms with Gasteiger partial charge in [0, 0.05) is 6.61 Å². The van der Waals surface area contributed by atoms with Crippen molar-refractivity contribution in [2.24, 2.45) is 29.6 Å². The second kappa shape index (κ2) is 10.1. The summed E-state index contributed by atoms with van der Waals surface area (Å²) in [4.78, 5) is 0. The van der Waals surface area contributed by atoms with E-state index in [4.69, 9.17) is 4.74 Å². The third-order valence-corrected chi connectivity index (χ3v) is 7.17. The molecule has 0 aromatic rings. The summed E-state index contributed by atoms with van der Waals surface area (Å²) in [5.41, 5.74) is 0. The van der Waals surface area contributed by atoms with E-state index in [9.17, 15) is 0 Å². The molecular formula is C22H42O. The van der Waals surface area contributed by atoms with Crippen LogP contribution in [0.5, 0.6) is 0 Å². The molecule has 0 bridgehead atoms. The van der Waals surface area contributed by atoms with Crippen LogP contribution >= 0.6 is 0 Å². The van der Waals surface area contributed by atoms with Crippen LogP contribution in [-0.4, -0.2) is 12.7 Å². The van der Waals surface area contributed by atoms with Crippen molar-refractivity contribution in [2.45, 2.75) is 104 Å². The molecule has 0 N–H and O–H groups in total. The Morgan fingerprint density at radius 2 is 1.48 bits per heavy atom. The highest BCUT2D eigenvalue weighted by Gasteiger charge is 2.39. The number of rotatable bonds is 8. The Hall–Kier alpha value is -0.0400. The Balaban J connectivity index is 1.77. The van der Waals surface area contributed by atoms with Crippen molar-refractivity contribution >= 4 is 0 Å². The van der Waals surface area contributed by atoms with E-state index in [2.05, 4.69) is 27.7 Å². The molecule has 2 aliphatic rings. The number of unbranched alkanes of at least 4 members (excludes halogenated alkanes) is 2. The molecule has 1 heteroatoms. The number of ether oxygens (including phenoxy) is 1. The summed E-state index contributed by atoms with van der Waals surface area (Å²) in [5, 5.41) is 0. The maximum Gasteiger partial charge on any atom is 0.0603 e. The van der Waals surface area contributed by atoms with E-state index >= 15 is 0 Å². The van der Waals surface area contributed by atoms with Crippen LogP contribution in [0.3, 0.4) is 0 Å². The molecule has 4 atom stereocenters. The number of hydrogen-bond acceptors (Lipinski definition) is 1. The molecule has 1 nitrogen and oxygen atoms in total. The van der Waals surface area contributed by atoms with Crippen molar-refractivity contribution in [3.63, 3.8) is 0 Å². The fraction of sp³-hybridized carbons (Fsp3) is 1.00. The highest BCUT2D eigenvalue weighted by molar-refractivity contribution is 4.89.